The standard InChI is InChI=1S/C14H16N4O2/c1-3-20-10-6-4-5-9(7-10)11-8-17-13(15)12(18-11)14(19)16-2/h4-8H,3H2,1-2H3,(H2,15,17)(H,16,19). The molecule has 104 valence electrons. The van der Waals surface area contributed by atoms with Crippen molar-refractivity contribution in [3.8, 4) is 17.0 Å². The van der Waals surface area contributed by atoms with Crippen molar-refractivity contribution < 1.29 is 9.53 Å². The highest BCUT2D eigenvalue weighted by molar-refractivity contribution is 5.96. The maximum Gasteiger partial charge on any atom is 0.273 e. The number of aromatic nitrogens is 2. The lowest BCUT2D eigenvalue weighted by molar-refractivity contribution is 0.0959. The average molecular weight is 272 g/mol. The van der Waals surface area contributed by atoms with Crippen molar-refractivity contribution >= 4 is 11.7 Å². The van der Waals surface area contributed by atoms with Gasteiger partial charge in [-0.15, -0.1) is 0 Å². The Labute approximate surface area is 117 Å². The zero-order valence-corrected chi connectivity index (χ0v) is 11.4. The van der Waals surface area contributed by atoms with Gasteiger partial charge in [-0.3, -0.25) is 4.79 Å². The van der Waals surface area contributed by atoms with Crippen LogP contribution in [0.2, 0.25) is 0 Å². The fourth-order valence-corrected chi connectivity index (χ4v) is 1.73. The quantitative estimate of drug-likeness (QED) is 0.880. The number of hydrogen-bond acceptors (Lipinski definition) is 5. The first kappa shape index (κ1) is 13.8. The summed E-state index contributed by atoms with van der Waals surface area (Å²) in [5.41, 5.74) is 7.16. The molecule has 2 aromatic rings. The van der Waals surface area contributed by atoms with Gasteiger partial charge >= 0.3 is 0 Å². The van der Waals surface area contributed by atoms with Crippen molar-refractivity contribution in [3.05, 3.63) is 36.2 Å². The number of anilines is 1. The van der Waals surface area contributed by atoms with Gasteiger partial charge in [-0.2, -0.15) is 0 Å². The number of ether oxygens (including phenoxy) is 1. The summed E-state index contributed by atoms with van der Waals surface area (Å²) in [6.07, 6.45) is 1.53. The zero-order chi connectivity index (χ0) is 14.5. The molecule has 2 rings (SSSR count). The SMILES string of the molecule is CCOc1cccc(-c2cnc(N)c(C(=O)NC)n2)c1. The molecule has 1 aromatic heterocycles. The molecule has 0 bridgehead atoms. The molecule has 0 atom stereocenters. The normalized spacial score (nSPS) is 10.1. The van der Waals surface area contributed by atoms with Crippen LogP contribution in [-0.2, 0) is 0 Å². The number of rotatable bonds is 4. The van der Waals surface area contributed by atoms with Gasteiger partial charge in [0.15, 0.2) is 11.5 Å². The first-order valence-corrected chi connectivity index (χ1v) is 6.23. The van der Waals surface area contributed by atoms with Crippen LogP contribution < -0.4 is 15.8 Å². The van der Waals surface area contributed by atoms with Crippen molar-refractivity contribution in [2.75, 3.05) is 19.4 Å². The largest absolute Gasteiger partial charge is 0.494 e. The van der Waals surface area contributed by atoms with Gasteiger partial charge in [0.2, 0.25) is 0 Å². The molecule has 1 amide bonds. The number of amides is 1. The molecular weight excluding hydrogens is 256 g/mol. The highest BCUT2D eigenvalue weighted by atomic mass is 16.5. The Balaban J connectivity index is 2.42. The van der Waals surface area contributed by atoms with E-state index in [4.69, 9.17) is 10.5 Å². The van der Waals surface area contributed by atoms with Crippen LogP contribution in [0.25, 0.3) is 11.3 Å². The third-order valence-electron chi connectivity index (χ3n) is 2.68. The molecule has 0 saturated heterocycles. The Bertz CT molecular complexity index is 628. The van der Waals surface area contributed by atoms with E-state index in [9.17, 15) is 4.79 Å². The first-order valence-electron chi connectivity index (χ1n) is 6.23. The molecule has 0 radical (unpaired) electrons. The van der Waals surface area contributed by atoms with Gasteiger partial charge < -0.3 is 15.8 Å². The van der Waals surface area contributed by atoms with Gasteiger partial charge in [0, 0.05) is 12.6 Å². The molecule has 6 nitrogen and oxygen atoms in total. The number of nitrogens with two attached hydrogens (primary N) is 1. The van der Waals surface area contributed by atoms with E-state index in [-0.39, 0.29) is 17.4 Å². The number of hydrogen-bond donors (Lipinski definition) is 2. The summed E-state index contributed by atoms with van der Waals surface area (Å²) >= 11 is 0. The third kappa shape index (κ3) is 2.85. The van der Waals surface area contributed by atoms with Crippen molar-refractivity contribution in [2.24, 2.45) is 0 Å². The molecule has 0 spiro atoms. The van der Waals surface area contributed by atoms with Crippen molar-refractivity contribution in [1.29, 1.82) is 0 Å². The summed E-state index contributed by atoms with van der Waals surface area (Å²) in [4.78, 5) is 19.9. The molecule has 0 fully saturated rings. The molecule has 0 aliphatic heterocycles. The smallest absolute Gasteiger partial charge is 0.273 e. The Morgan fingerprint density at radius 3 is 2.95 bits per heavy atom. The number of nitrogen functional groups attached to an aromatic ring is 1. The molecule has 20 heavy (non-hydrogen) atoms. The molecule has 1 aromatic carbocycles. The second-order valence-electron chi connectivity index (χ2n) is 4.03. The first-order chi connectivity index (χ1) is 9.65. The third-order valence-corrected chi connectivity index (χ3v) is 2.68. The lowest BCUT2D eigenvalue weighted by Crippen LogP contribution is -2.21. The molecular formula is C14H16N4O2. The fourth-order valence-electron chi connectivity index (χ4n) is 1.73. The lowest BCUT2D eigenvalue weighted by atomic mass is 10.1. The van der Waals surface area contributed by atoms with Crippen molar-refractivity contribution in [1.82, 2.24) is 15.3 Å². The van der Waals surface area contributed by atoms with E-state index in [0.717, 1.165) is 11.3 Å². The number of benzene rings is 1. The Hall–Kier alpha value is -2.63. The van der Waals surface area contributed by atoms with E-state index in [0.29, 0.717) is 12.3 Å². The minimum absolute atomic E-state index is 0.106. The van der Waals surface area contributed by atoms with Crippen LogP contribution in [0.4, 0.5) is 5.82 Å². The van der Waals surface area contributed by atoms with Crippen LogP contribution >= 0.6 is 0 Å². The molecule has 6 heteroatoms. The molecule has 0 unspecified atom stereocenters. The minimum atomic E-state index is -0.363. The van der Waals surface area contributed by atoms with E-state index in [1.165, 1.54) is 13.2 Å². The molecule has 0 aliphatic carbocycles. The van der Waals surface area contributed by atoms with Crippen LogP contribution in [0.15, 0.2) is 30.5 Å². The van der Waals surface area contributed by atoms with Crippen molar-refractivity contribution in [2.45, 2.75) is 6.92 Å². The van der Waals surface area contributed by atoms with Crippen LogP contribution in [0.3, 0.4) is 0 Å². The maximum atomic E-state index is 11.7. The molecule has 1 heterocycles. The summed E-state index contributed by atoms with van der Waals surface area (Å²) in [6.45, 7) is 2.50. The zero-order valence-electron chi connectivity index (χ0n) is 11.4. The molecule has 3 N–H and O–H groups in total. The minimum Gasteiger partial charge on any atom is -0.494 e. The highest BCUT2D eigenvalue weighted by Gasteiger charge is 2.13. The van der Waals surface area contributed by atoms with Gasteiger partial charge in [0.25, 0.3) is 5.91 Å². The van der Waals surface area contributed by atoms with Crippen LogP contribution in [0, 0.1) is 0 Å². The maximum absolute atomic E-state index is 11.7. The van der Waals surface area contributed by atoms with Crippen LogP contribution in [0.1, 0.15) is 17.4 Å². The Morgan fingerprint density at radius 2 is 2.25 bits per heavy atom. The summed E-state index contributed by atoms with van der Waals surface area (Å²) in [5.74, 6) is 0.483. The van der Waals surface area contributed by atoms with Gasteiger partial charge in [0.1, 0.15) is 5.75 Å². The van der Waals surface area contributed by atoms with E-state index in [1.807, 2.05) is 31.2 Å². The van der Waals surface area contributed by atoms with Crippen molar-refractivity contribution in [3.63, 3.8) is 0 Å². The summed E-state index contributed by atoms with van der Waals surface area (Å²) in [7, 11) is 1.52. The Morgan fingerprint density at radius 1 is 1.45 bits per heavy atom. The predicted molar refractivity (Wildman–Crippen MR) is 76.4 cm³/mol. The Kier molecular flexibility index (Phi) is 4.14. The number of nitrogens with one attached hydrogen (secondary N) is 1. The lowest BCUT2D eigenvalue weighted by Gasteiger charge is -2.08. The van der Waals surface area contributed by atoms with E-state index in [1.54, 1.807) is 0 Å². The molecule has 0 saturated carbocycles. The monoisotopic (exact) mass is 272 g/mol. The van der Waals surface area contributed by atoms with Gasteiger partial charge in [-0.25, -0.2) is 9.97 Å². The highest BCUT2D eigenvalue weighted by Crippen LogP contribution is 2.23. The van der Waals surface area contributed by atoms with Gasteiger partial charge in [0.05, 0.1) is 18.5 Å². The predicted octanol–water partition coefficient (Wildman–Crippen LogP) is 1.48. The summed E-state index contributed by atoms with van der Waals surface area (Å²) < 4.78 is 5.44. The van der Waals surface area contributed by atoms with E-state index >= 15 is 0 Å². The fraction of sp³-hybridized carbons (Fsp3) is 0.214. The topological polar surface area (TPSA) is 90.1 Å². The number of nitrogens with zero attached hydrogens (tertiary/aromatic N) is 2. The summed E-state index contributed by atoms with van der Waals surface area (Å²) in [6, 6.07) is 7.43. The van der Waals surface area contributed by atoms with Crippen LogP contribution in [0.5, 0.6) is 5.75 Å². The number of carbonyl (C=O) groups is 1. The molecule has 0 aliphatic rings. The van der Waals surface area contributed by atoms with E-state index < -0.39 is 0 Å². The van der Waals surface area contributed by atoms with Crippen LogP contribution in [-0.4, -0.2) is 29.5 Å². The second-order valence-corrected chi connectivity index (χ2v) is 4.03. The number of carbonyl (C=O) groups excluding carboxylic acids is 1. The van der Waals surface area contributed by atoms with E-state index in [2.05, 4.69) is 15.3 Å². The summed E-state index contributed by atoms with van der Waals surface area (Å²) in [5, 5.41) is 2.49. The second kappa shape index (κ2) is 6.01. The van der Waals surface area contributed by atoms with Gasteiger partial charge in [-0.05, 0) is 19.1 Å². The van der Waals surface area contributed by atoms with Gasteiger partial charge in [-0.1, -0.05) is 12.1 Å². The average Bonchev–Trinajstić information content (AvgIpc) is 2.47.